The lowest BCUT2D eigenvalue weighted by atomic mass is 10.0. The maximum absolute atomic E-state index is 11.7. The summed E-state index contributed by atoms with van der Waals surface area (Å²) in [6.45, 7) is 1.42. The Morgan fingerprint density at radius 3 is 3.20 bits per heavy atom. The fourth-order valence-corrected chi connectivity index (χ4v) is 1.79. The highest BCUT2D eigenvalue weighted by atomic mass is 16.3. The number of amides is 1. The van der Waals surface area contributed by atoms with E-state index < -0.39 is 0 Å². The molecule has 1 saturated heterocycles. The van der Waals surface area contributed by atoms with Crippen molar-refractivity contribution in [3.63, 3.8) is 0 Å². The van der Waals surface area contributed by atoms with Gasteiger partial charge in [-0.05, 0) is 31.5 Å². The molecule has 82 valence electrons. The van der Waals surface area contributed by atoms with Crippen molar-refractivity contribution >= 4 is 5.91 Å². The molecule has 1 fully saturated rings. The van der Waals surface area contributed by atoms with E-state index in [1.54, 1.807) is 6.26 Å². The number of piperidine rings is 1. The Morgan fingerprint density at radius 2 is 2.53 bits per heavy atom. The Labute approximate surface area is 89.0 Å². The number of nitrogens with one attached hydrogen (secondary N) is 2. The van der Waals surface area contributed by atoms with Crippen LogP contribution in [0.4, 0.5) is 0 Å². The minimum Gasteiger partial charge on any atom is -0.467 e. The lowest BCUT2D eigenvalue weighted by molar-refractivity contribution is -0.123. The van der Waals surface area contributed by atoms with Crippen molar-refractivity contribution in [1.29, 1.82) is 0 Å². The van der Waals surface area contributed by atoms with Crippen LogP contribution in [-0.2, 0) is 11.3 Å². The monoisotopic (exact) mass is 208 g/mol. The summed E-state index contributed by atoms with van der Waals surface area (Å²) in [6.07, 6.45) is 4.85. The van der Waals surface area contributed by atoms with Gasteiger partial charge in [-0.3, -0.25) is 4.79 Å². The van der Waals surface area contributed by atoms with E-state index in [0.29, 0.717) is 6.54 Å². The van der Waals surface area contributed by atoms with Crippen LogP contribution < -0.4 is 10.6 Å². The molecule has 0 bridgehead atoms. The van der Waals surface area contributed by atoms with E-state index >= 15 is 0 Å². The lowest BCUT2D eigenvalue weighted by Gasteiger charge is -2.22. The normalized spacial score (nSPS) is 21.2. The second-order valence-electron chi connectivity index (χ2n) is 3.80. The van der Waals surface area contributed by atoms with E-state index in [0.717, 1.165) is 25.1 Å². The predicted molar refractivity (Wildman–Crippen MR) is 56.2 cm³/mol. The molecule has 4 nitrogen and oxygen atoms in total. The highest BCUT2D eigenvalue weighted by molar-refractivity contribution is 5.81. The standard InChI is InChI=1S/C11H16N2O2/c14-11(10-5-1-2-6-12-10)13-8-9-4-3-7-15-9/h3-4,7,10,12H,1-2,5-6,8H2,(H,13,14)/t10-/m0/s1. The average molecular weight is 208 g/mol. The third kappa shape index (κ3) is 2.83. The van der Waals surface area contributed by atoms with Gasteiger partial charge in [0.1, 0.15) is 5.76 Å². The zero-order chi connectivity index (χ0) is 10.5. The SMILES string of the molecule is O=C(NCc1ccco1)[C@@H]1CCCCN1. The van der Waals surface area contributed by atoms with Gasteiger partial charge in [-0.2, -0.15) is 0 Å². The summed E-state index contributed by atoms with van der Waals surface area (Å²) in [5, 5.41) is 6.07. The molecule has 1 aromatic rings. The van der Waals surface area contributed by atoms with E-state index in [-0.39, 0.29) is 11.9 Å². The summed E-state index contributed by atoms with van der Waals surface area (Å²) in [5.74, 6) is 0.866. The Balaban J connectivity index is 1.76. The highest BCUT2D eigenvalue weighted by Gasteiger charge is 2.19. The summed E-state index contributed by atoms with van der Waals surface area (Å²) in [5.41, 5.74) is 0. The molecule has 2 rings (SSSR count). The van der Waals surface area contributed by atoms with Crippen LogP contribution in [0.15, 0.2) is 22.8 Å². The molecule has 1 aromatic heterocycles. The largest absolute Gasteiger partial charge is 0.467 e. The Morgan fingerprint density at radius 1 is 1.60 bits per heavy atom. The smallest absolute Gasteiger partial charge is 0.237 e. The maximum Gasteiger partial charge on any atom is 0.237 e. The van der Waals surface area contributed by atoms with Gasteiger partial charge in [0.2, 0.25) is 5.91 Å². The van der Waals surface area contributed by atoms with Crippen molar-refractivity contribution in [3.05, 3.63) is 24.2 Å². The first-order valence-corrected chi connectivity index (χ1v) is 5.40. The first kappa shape index (κ1) is 10.2. The van der Waals surface area contributed by atoms with Crippen LogP contribution in [0.2, 0.25) is 0 Å². The van der Waals surface area contributed by atoms with E-state index in [9.17, 15) is 4.79 Å². The average Bonchev–Trinajstić information content (AvgIpc) is 2.80. The predicted octanol–water partition coefficient (Wildman–Crippen LogP) is 1.04. The summed E-state index contributed by atoms with van der Waals surface area (Å²) in [7, 11) is 0. The first-order valence-electron chi connectivity index (χ1n) is 5.40. The van der Waals surface area contributed by atoms with E-state index in [4.69, 9.17) is 4.42 Å². The fraction of sp³-hybridized carbons (Fsp3) is 0.545. The quantitative estimate of drug-likeness (QED) is 0.780. The van der Waals surface area contributed by atoms with Gasteiger partial charge in [0.15, 0.2) is 0 Å². The topological polar surface area (TPSA) is 54.3 Å². The second kappa shape index (κ2) is 4.98. The third-order valence-corrected chi connectivity index (χ3v) is 2.64. The van der Waals surface area contributed by atoms with Crippen LogP contribution in [0.5, 0.6) is 0 Å². The van der Waals surface area contributed by atoms with Gasteiger partial charge >= 0.3 is 0 Å². The Kier molecular flexibility index (Phi) is 3.40. The van der Waals surface area contributed by atoms with Crippen molar-refractivity contribution in [2.24, 2.45) is 0 Å². The zero-order valence-corrected chi connectivity index (χ0v) is 8.66. The summed E-state index contributed by atoms with van der Waals surface area (Å²) >= 11 is 0. The first-order chi connectivity index (χ1) is 7.36. The summed E-state index contributed by atoms with van der Waals surface area (Å²) in [6, 6.07) is 3.66. The molecule has 0 spiro atoms. The van der Waals surface area contributed by atoms with Gasteiger partial charge in [0, 0.05) is 0 Å². The highest BCUT2D eigenvalue weighted by Crippen LogP contribution is 2.07. The lowest BCUT2D eigenvalue weighted by Crippen LogP contribution is -2.46. The Hall–Kier alpha value is -1.29. The van der Waals surface area contributed by atoms with Crippen LogP contribution >= 0.6 is 0 Å². The zero-order valence-electron chi connectivity index (χ0n) is 8.66. The molecule has 1 aliphatic rings. The summed E-state index contributed by atoms with van der Waals surface area (Å²) in [4.78, 5) is 11.7. The number of carbonyl (C=O) groups excluding carboxylic acids is 1. The maximum atomic E-state index is 11.7. The number of hydrogen-bond acceptors (Lipinski definition) is 3. The van der Waals surface area contributed by atoms with E-state index in [2.05, 4.69) is 10.6 Å². The van der Waals surface area contributed by atoms with Crippen LogP contribution in [0.1, 0.15) is 25.0 Å². The molecule has 1 aliphatic heterocycles. The third-order valence-electron chi connectivity index (χ3n) is 2.64. The number of carbonyl (C=O) groups is 1. The number of rotatable bonds is 3. The van der Waals surface area contributed by atoms with E-state index in [1.807, 2.05) is 12.1 Å². The molecular weight excluding hydrogens is 192 g/mol. The van der Waals surface area contributed by atoms with Gasteiger partial charge < -0.3 is 15.1 Å². The van der Waals surface area contributed by atoms with Crippen LogP contribution in [-0.4, -0.2) is 18.5 Å². The molecule has 0 radical (unpaired) electrons. The molecule has 15 heavy (non-hydrogen) atoms. The molecule has 0 aromatic carbocycles. The van der Waals surface area contributed by atoms with Gasteiger partial charge in [-0.15, -0.1) is 0 Å². The molecule has 1 atom stereocenters. The van der Waals surface area contributed by atoms with Crippen molar-refractivity contribution in [2.45, 2.75) is 31.8 Å². The molecule has 2 N–H and O–H groups in total. The van der Waals surface area contributed by atoms with Gasteiger partial charge in [0.05, 0.1) is 18.8 Å². The van der Waals surface area contributed by atoms with Gasteiger partial charge in [-0.25, -0.2) is 0 Å². The van der Waals surface area contributed by atoms with Crippen LogP contribution in [0, 0.1) is 0 Å². The number of furan rings is 1. The molecule has 1 amide bonds. The number of hydrogen-bond donors (Lipinski definition) is 2. The molecule has 0 saturated carbocycles. The summed E-state index contributed by atoms with van der Waals surface area (Å²) < 4.78 is 5.14. The van der Waals surface area contributed by atoms with E-state index in [1.165, 1.54) is 6.42 Å². The van der Waals surface area contributed by atoms with Crippen molar-refractivity contribution in [3.8, 4) is 0 Å². The fourth-order valence-electron chi connectivity index (χ4n) is 1.79. The van der Waals surface area contributed by atoms with Crippen LogP contribution in [0.25, 0.3) is 0 Å². The van der Waals surface area contributed by atoms with Gasteiger partial charge in [0.25, 0.3) is 0 Å². The minimum absolute atomic E-state index is 0.0197. The molecule has 2 heterocycles. The molecule has 0 aliphatic carbocycles. The molecule has 0 unspecified atom stereocenters. The minimum atomic E-state index is -0.0197. The molecular formula is C11H16N2O2. The van der Waals surface area contributed by atoms with Crippen molar-refractivity contribution in [2.75, 3.05) is 6.54 Å². The molecule has 4 heteroatoms. The second-order valence-corrected chi connectivity index (χ2v) is 3.80. The van der Waals surface area contributed by atoms with Crippen molar-refractivity contribution in [1.82, 2.24) is 10.6 Å². The Bertz CT molecular complexity index is 302. The van der Waals surface area contributed by atoms with Gasteiger partial charge in [-0.1, -0.05) is 6.42 Å². The van der Waals surface area contributed by atoms with Crippen LogP contribution in [0.3, 0.4) is 0 Å². The van der Waals surface area contributed by atoms with Crippen molar-refractivity contribution < 1.29 is 9.21 Å².